The van der Waals surface area contributed by atoms with Gasteiger partial charge in [-0.05, 0) is 67.3 Å². The highest BCUT2D eigenvalue weighted by atomic mass is 32.2. The van der Waals surface area contributed by atoms with Crippen LogP contribution >= 0.6 is 11.9 Å². The van der Waals surface area contributed by atoms with Crippen molar-refractivity contribution in [3.8, 4) is 0 Å². The number of nitrogens with one attached hydrogen (secondary N) is 1. The minimum atomic E-state index is -0.462. The SMILES string of the molecule is C.CC.CC.CC(=O)C(CC(C)C)NC(=O)c1cc2ccccc2o1.CCC(C)C(C)CN(CC=O)Sc1ccccn1. The summed E-state index contributed by atoms with van der Waals surface area (Å²) in [6, 6.07) is 14.5. The predicted molar refractivity (Wildman–Crippen MR) is 183 cm³/mol. The first-order chi connectivity index (χ1) is 20.1. The molecule has 3 unspecified atom stereocenters. The zero-order chi connectivity index (χ0) is 32.1. The molecular weight excluding hydrogens is 558 g/mol. The van der Waals surface area contributed by atoms with Crippen molar-refractivity contribution in [2.45, 2.75) is 101 Å². The van der Waals surface area contributed by atoms with E-state index in [0.29, 0.717) is 36.3 Å². The molecule has 1 amide bonds. The first-order valence-electron chi connectivity index (χ1n) is 15.2. The maximum Gasteiger partial charge on any atom is 0.287 e. The van der Waals surface area contributed by atoms with E-state index in [9.17, 15) is 14.4 Å². The number of carbonyl (C=O) groups is 3. The van der Waals surface area contributed by atoms with Gasteiger partial charge in [0.15, 0.2) is 11.5 Å². The molecule has 0 spiro atoms. The molecule has 0 aliphatic heterocycles. The van der Waals surface area contributed by atoms with Gasteiger partial charge in [0.05, 0.1) is 12.6 Å². The number of aromatic nitrogens is 1. The molecule has 2 heterocycles. The maximum absolute atomic E-state index is 12.2. The number of ketones is 1. The van der Waals surface area contributed by atoms with Crippen molar-refractivity contribution in [2.75, 3.05) is 13.1 Å². The van der Waals surface area contributed by atoms with Crippen molar-refractivity contribution in [3.63, 3.8) is 0 Å². The number of furan rings is 1. The van der Waals surface area contributed by atoms with Crippen molar-refractivity contribution < 1.29 is 18.8 Å². The first kappa shape index (κ1) is 42.2. The zero-order valence-electron chi connectivity index (χ0n) is 27.3. The smallest absolute Gasteiger partial charge is 0.287 e. The summed E-state index contributed by atoms with van der Waals surface area (Å²) in [6.45, 7) is 21.6. The molecule has 0 aliphatic rings. The van der Waals surface area contributed by atoms with Crippen LogP contribution < -0.4 is 5.32 Å². The van der Waals surface area contributed by atoms with E-state index in [1.807, 2.05) is 84.0 Å². The third kappa shape index (κ3) is 16.5. The van der Waals surface area contributed by atoms with Crippen LogP contribution in [0.5, 0.6) is 0 Å². The molecule has 7 nitrogen and oxygen atoms in total. The van der Waals surface area contributed by atoms with Gasteiger partial charge in [0.2, 0.25) is 0 Å². The molecule has 1 N–H and O–H groups in total. The van der Waals surface area contributed by atoms with Crippen LogP contribution in [0.25, 0.3) is 11.0 Å². The van der Waals surface area contributed by atoms with E-state index >= 15 is 0 Å². The van der Waals surface area contributed by atoms with Crippen LogP contribution in [0.2, 0.25) is 0 Å². The lowest BCUT2D eigenvalue weighted by Crippen LogP contribution is -2.40. The summed E-state index contributed by atoms with van der Waals surface area (Å²) in [6.07, 6.45) is 4.53. The number of carbonyl (C=O) groups excluding carboxylic acids is 3. The Morgan fingerprint density at radius 3 is 2.14 bits per heavy atom. The second-order valence-corrected chi connectivity index (χ2v) is 11.2. The number of amides is 1. The van der Waals surface area contributed by atoms with Crippen LogP contribution in [0.3, 0.4) is 0 Å². The summed E-state index contributed by atoms with van der Waals surface area (Å²) in [5, 5.41) is 4.56. The van der Waals surface area contributed by atoms with Crippen LogP contribution in [-0.4, -0.2) is 46.4 Å². The third-order valence-electron chi connectivity index (χ3n) is 6.40. The van der Waals surface area contributed by atoms with E-state index in [1.54, 1.807) is 24.2 Å². The molecule has 0 bridgehead atoms. The Hall–Kier alpha value is -2.97. The predicted octanol–water partition coefficient (Wildman–Crippen LogP) is 9.13. The Balaban J connectivity index is 0. The Morgan fingerprint density at radius 1 is 1.00 bits per heavy atom. The van der Waals surface area contributed by atoms with E-state index < -0.39 is 6.04 Å². The van der Waals surface area contributed by atoms with Crippen LogP contribution in [-0.2, 0) is 9.59 Å². The maximum atomic E-state index is 12.2. The van der Waals surface area contributed by atoms with E-state index in [0.717, 1.165) is 23.2 Å². The van der Waals surface area contributed by atoms with E-state index in [2.05, 4.69) is 35.4 Å². The van der Waals surface area contributed by atoms with E-state index in [-0.39, 0.29) is 24.9 Å². The fourth-order valence-corrected chi connectivity index (χ4v) is 4.75. The van der Waals surface area contributed by atoms with Crippen LogP contribution in [0.4, 0.5) is 0 Å². The first-order valence-corrected chi connectivity index (χ1v) is 16.0. The molecule has 0 radical (unpaired) electrons. The highest BCUT2D eigenvalue weighted by Gasteiger charge is 2.21. The number of Topliss-reactive ketones (excluding diaryl/α,β-unsaturated/α-hetero) is 1. The molecular formula is C35H57N3O4S. The van der Waals surface area contributed by atoms with Crippen molar-refractivity contribution in [2.24, 2.45) is 17.8 Å². The summed E-state index contributed by atoms with van der Waals surface area (Å²) in [5.74, 6) is 1.43. The molecule has 43 heavy (non-hydrogen) atoms. The fraction of sp³-hybridized carbons (Fsp3) is 0.543. The summed E-state index contributed by atoms with van der Waals surface area (Å²) in [5.41, 5.74) is 0.667. The van der Waals surface area contributed by atoms with Crippen LogP contribution in [0, 0.1) is 17.8 Å². The second-order valence-electron chi connectivity index (χ2n) is 10.1. The highest BCUT2D eigenvalue weighted by molar-refractivity contribution is 7.97. The van der Waals surface area contributed by atoms with E-state index in [1.165, 1.54) is 13.3 Å². The van der Waals surface area contributed by atoms with Gasteiger partial charge in [-0.3, -0.25) is 9.59 Å². The number of fused-ring (bicyclic) bond motifs is 1. The van der Waals surface area contributed by atoms with Gasteiger partial charge in [-0.15, -0.1) is 0 Å². The fourth-order valence-electron chi connectivity index (χ4n) is 3.79. The van der Waals surface area contributed by atoms with Gasteiger partial charge in [0, 0.05) is 18.1 Å². The van der Waals surface area contributed by atoms with Gasteiger partial charge < -0.3 is 14.5 Å². The number of pyridine rings is 1. The molecule has 2 aromatic heterocycles. The Morgan fingerprint density at radius 2 is 1.63 bits per heavy atom. The number of hydrogen-bond donors (Lipinski definition) is 1. The zero-order valence-corrected chi connectivity index (χ0v) is 28.2. The largest absolute Gasteiger partial charge is 0.451 e. The van der Waals surface area contributed by atoms with Crippen molar-refractivity contribution >= 4 is 40.9 Å². The Bertz CT molecular complexity index is 1120. The van der Waals surface area contributed by atoms with Gasteiger partial charge in [-0.2, -0.15) is 0 Å². The monoisotopic (exact) mass is 615 g/mol. The minimum Gasteiger partial charge on any atom is -0.451 e. The average Bonchev–Trinajstić information content (AvgIpc) is 3.44. The molecule has 0 aliphatic carbocycles. The van der Waals surface area contributed by atoms with Gasteiger partial charge >= 0.3 is 0 Å². The molecule has 1 aromatic carbocycles. The Kier molecular flexibility index (Phi) is 24.0. The molecule has 8 heteroatoms. The molecule has 3 atom stereocenters. The average molecular weight is 616 g/mol. The molecule has 3 aromatic rings. The van der Waals surface area contributed by atoms with Crippen molar-refractivity contribution in [1.29, 1.82) is 0 Å². The number of hydrogen-bond acceptors (Lipinski definition) is 7. The lowest BCUT2D eigenvalue weighted by Gasteiger charge is -2.25. The topological polar surface area (TPSA) is 92.5 Å². The number of aldehydes is 1. The van der Waals surface area contributed by atoms with Gasteiger partial charge in [0.25, 0.3) is 5.91 Å². The van der Waals surface area contributed by atoms with Crippen molar-refractivity contribution in [1.82, 2.24) is 14.6 Å². The van der Waals surface area contributed by atoms with Crippen molar-refractivity contribution in [3.05, 3.63) is 60.5 Å². The van der Waals surface area contributed by atoms with E-state index in [4.69, 9.17) is 4.42 Å². The summed E-state index contributed by atoms with van der Waals surface area (Å²) in [4.78, 5) is 38.8. The normalized spacial score (nSPS) is 12.2. The lowest BCUT2D eigenvalue weighted by molar-refractivity contribution is -0.119. The Labute approximate surface area is 265 Å². The number of rotatable bonds is 13. The summed E-state index contributed by atoms with van der Waals surface area (Å²) >= 11 is 1.56. The number of para-hydroxylation sites is 1. The number of nitrogens with zero attached hydrogens (tertiary/aromatic N) is 2. The molecule has 242 valence electrons. The standard InChI is InChI=1S/C16H19NO3.C14H22N2OS.2C2H6.CH4/c1-10(2)8-13(11(3)18)17-16(19)15-9-12-6-4-5-7-14(12)20-15;1-4-12(2)13(3)11-16(9-10-17)18-14-7-5-6-8-15-14;2*1-2;/h4-7,9-10,13H,8H2,1-3H3,(H,17,19);5-8,10,12-13H,4,9,11H2,1-3H3;2*1-2H3;1H4. The summed E-state index contributed by atoms with van der Waals surface area (Å²) in [7, 11) is 0. The summed E-state index contributed by atoms with van der Waals surface area (Å²) < 4.78 is 7.58. The third-order valence-corrected chi connectivity index (χ3v) is 7.38. The second kappa shape index (κ2) is 24.5. The highest BCUT2D eigenvalue weighted by Crippen LogP contribution is 2.24. The number of benzene rings is 1. The van der Waals surface area contributed by atoms with Gasteiger partial charge in [-0.1, -0.05) is 100 Å². The van der Waals surface area contributed by atoms with Crippen LogP contribution in [0.15, 0.2) is 64.2 Å². The minimum absolute atomic E-state index is 0. The lowest BCUT2D eigenvalue weighted by atomic mass is 9.94. The van der Waals surface area contributed by atoms with Crippen LogP contribution in [0.1, 0.15) is 100 Å². The molecule has 0 fully saturated rings. The molecule has 3 rings (SSSR count). The van der Waals surface area contributed by atoms with Gasteiger partial charge in [0.1, 0.15) is 16.9 Å². The van der Waals surface area contributed by atoms with Gasteiger partial charge in [-0.25, -0.2) is 9.29 Å². The molecule has 0 saturated carbocycles. The quantitative estimate of drug-likeness (QED) is 0.151. The molecule has 0 saturated heterocycles.